The van der Waals surface area contributed by atoms with Gasteiger partial charge in [0.1, 0.15) is 0 Å². The van der Waals surface area contributed by atoms with Gasteiger partial charge in [-0.15, -0.1) is 0 Å². The van der Waals surface area contributed by atoms with E-state index < -0.39 is 0 Å². The van der Waals surface area contributed by atoms with Crippen LogP contribution in [-0.2, 0) is 0 Å². The Bertz CT molecular complexity index is 215. The predicted octanol–water partition coefficient (Wildman–Crippen LogP) is 1.12. The van der Waals surface area contributed by atoms with Crippen molar-refractivity contribution in [3.63, 3.8) is 0 Å². The van der Waals surface area contributed by atoms with Crippen LogP contribution in [0, 0.1) is 0 Å². The first-order valence-electron chi connectivity index (χ1n) is 5.66. The second kappa shape index (κ2) is 6.66. The van der Waals surface area contributed by atoms with E-state index in [0.717, 1.165) is 18.3 Å². The van der Waals surface area contributed by atoms with Gasteiger partial charge in [-0.25, -0.2) is 0 Å². The second-order valence-corrected chi connectivity index (χ2v) is 6.08. The first kappa shape index (κ1) is 11.6. The number of amidine groups is 1. The highest BCUT2D eigenvalue weighted by Crippen LogP contribution is 2.10. The molecular formula is C10H19N3S2. The Morgan fingerprint density at radius 3 is 2.87 bits per heavy atom. The topological polar surface area (TPSA) is 27.6 Å². The standard InChI is InChI=1S/C10H19N3S2/c1-2-11-10(15-7-1)12-3-4-13-5-8-14-9-6-13/h1-9H2,(H,11,12). The SMILES string of the molecule is C1CN=C(NCCN2CCSCC2)SC1. The molecule has 5 heteroatoms. The van der Waals surface area contributed by atoms with Gasteiger partial charge in [-0.05, 0) is 6.42 Å². The summed E-state index contributed by atoms with van der Waals surface area (Å²) in [5.74, 6) is 3.83. The zero-order valence-corrected chi connectivity index (χ0v) is 10.7. The van der Waals surface area contributed by atoms with Gasteiger partial charge in [-0.1, -0.05) is 11.8 Å². The molecule has 1 N–H and O–H groups in total. The van der Waals surface area contributed by atoms with Crippen molar-refractivity contribution in [2.75, 3.05) is 50.0 Å². The molecule has 2 aliphatic rings. The fourth-order valence-corrected chi connectivity index (χ4v) is 3.54. The minimum absolute atomic E-state index is 1.01. The number of aliphatic imine (C=N–C) groups is 1. The molecule has 0 amide bonds. The Morgan fingerprint density at radius 1 is 1.27 bits per heavy atom. The summed E-state index contributed by atoms with van der Waals surface area (Å²) < 4.78 is 0. The lowest BCUT2D eigenvalue weighted by Gasteiger charge is -2.26. The summed E-state index contributed by atoms with van der Waals surface area (Å²) in [6.07, 6.45) is 1.24. The summed E-state index contributed by atoms with van der Waals surface area (Å²) in [6, 6.07) is 0. The fourth-order valence-electron chi connectivity index (χ4n) is 1.71. The number of nitrogens with one attached hydrogen (secondary N) is 1. The van der Waals surface area contributed by atoms with Crippen LogP contribution >= 0.6 is 23.5 Å². The third kappa shape index (κ3) is 4.25. The van der Waals surface area contributed by atoms with Crippen LogP contribution in [0.15, 0.2) is 4.99 Å². The molecule has 3 nitrogen and oxygen atoms in total. The highest BCUT2D eigenvalue weighted by Gasteiger charge is 2.10. The number of hydrogen-bond acceptors (Lipinski definition) is 5. The molecule has 0 bridgehead atoms. The quantitative estimate of drug-likeness (QED) is 0.806. The molecule has 0 aromatic carbocycles. The molecule has 0 aromatic heterocycles. The Labute approximate surface area is 100 Å². The van der Waals surface area contributed by atoms with E-state index in [1.54, 1.807) is 0 Å². The molecule has 1 fully saturated rings. The lowest BCUT2D eigenvalue weighted by atomic mass is 10.4. The average molecular weight is 245 g/mol. The highest BCUT2D eigenvalue weighted by molar-refractivity contribution is 8.13. The summed E-state index contributed by atoms with van der Waals surface area (Å²) in [7, 11) is 0. The third-order valence-electron chi connectivity index (χ3n) is 2.60. The fraction of sp³-hybridized carbons (Fsp3) is 0.900. The number of thioether (sulfide) groups is 2. The van der Waals surface area contributed by atoms with Crippen LogP contribution in [-0.4, -0.2) is 60.0 Å². The van der Waals surface area contributed by atoms with Crippen molar-refractivity contribution < 1.29 is 0 Å². The number of nitrogens with zero attached hydrogens (tertiary/aromatic N) is 2. The molecular weight excluding hydrogens is 226 g/mol. The first-order chi connectivity index (χ1) is 7.45. The van der Waals surface area contributed by atoms with Crippen LogP contribution in [0.5, 0.6) is 0 Å². The van der Waals surface area contributed by atoms with E-state index in [1.807, 2.05) is 11.8 Å². The molecule has 0 aromatic rings. The minimum atomic E-state index is 1.01. The summed E-state index contributed by atoms with van der Waals surface area (Å²) in [5, 5.41) is 4.59. The van der Waals surface area contributed by atoms with Crippen LogP contribution in [0.1, 0.15) is 6.42 Å². The van der Waals surface area contributed by atoms with Crippen molar-refractivity contribution >= 4 is 28.7 Å². The molecule has 2 aliphatic heterocycles. The van der Waals surface area contributed by atoms with Gasteiger partial charge >= 0.3 is 0 Å². The Morgan fingerprint density at radius 2 is 2.13 bits per heavy atom. The van der Waals surface area contributed by atoms with E-state index >= 15 is 0 Å². The predicted molar refractivity (Wildman–Crippen MR) is 71.1 cm³/mol. The summed E-state index contributed by atoms with van der Waals surface area (Å²) in [4.78, 5) is 7.00. The maximum atomic E-state index is 4.46. The van der Waals surface area contributed by atoms with Gasteiger partial charge in [-0.3, -0.25) is 9.89 Å². The van der Waals surface area contributed by atoms with Crippen molar-refractivity contribution in [1.82, 2.24) is 10.2 Å². The van der Waals surface area contributed by atoms with Gasteiger partial charge in [0.05, 0.1) is 0 Å². The summed E-state index contributed by atoms with van der Waals surface area (Å²) in [6.45, 7) is 5.74. The summed E-state index contributed by atoms with van der Waals surface area (Å²) >= 11 is 3.94. The van der Waals surface area contributed by atoms with E-state index in [4.69, 9.17) is 0 Å². The Balaban J connectivity index is 1.59. The van der Waals surface area contributed by atoms with E-state index in [9.17, 15) is 0 Å². The van der Waals surface area contributed by atoms with Gasteiger partial charge in [-0.2, -0.15) is 11.8 Å². The van der Waals surface area contributed by atoms with Crippen molar-refractivity contribution in [1.29, 1.82) is 0 Å². The Kier molecular flexibility index (Phi) is 5.15. The van der Waals surface area contributed by atoms with Crippen LogP contribution in [0.4, 0.5) is 0 Å². The van der Waals surface area contributed by atoms with E-state index in [1.165, 1.54) is 43.3 Å². The van der Waals surface area contributed by atoms with Crippen LogP contribution < -0.4 is 5.32 Å². The highest BCUT2D eigenvalue weighted by atomic mass is 32.2. The largest absolute Gasteiger partial charge is 0.364 e. The molecule has 0 spiro atoms. The van der Waals surface area contributed by atoms with Gasteiger partial charge in [0, 0.05) is 50.0 Å². The van der Waals surface area contributed by atoms with Crippen LogP contribution in [0.25, 0.3) is 0 Å². The van der Waals surface area contributed by atoms with E-state index in [0.29, 0.717) is 0 Å². The molecule has 1 saturated heterocycles. The third-order valence-corrected chi connectivity index (χ3v) is 4.59. The van der Waals surface area contributed by atoms with Crippen molar-refractivity contribution in [3.05, 3.63) is 0 Å². The molecule has 86 valence electrons. The lowest BCUT2D eigenvalue weighted by Crippen LogP contribution is -2.39. The normalized spacial score (nSPS) is 23.6. The second-order valence-electron chi connectivity index (χ2n) is 3.77. The molecule has 2 heterocycles. The maximum Gasteiger partial charge on any atom is 0.156 e. The molecule has 0 saturated carbocycles. The monoisotopic (exact) mass is 245 g/mol. The smallest absolute Gasteiger partial charge is 0.156 e. The zero-order valence-electron chi connectivity index (χ0n) is 9.07. The maximum absolute atomic E-state index is 4.46. The molecule has 0 unspecified atom stereocenters. The van der Waals surface area contributed by atoms with Crippen LogP contribution in [0.2, 0.25) is 0 Å². The van der Waals surface area contributed by atoms with Crippen molar-refractivity contribution in [2.45, 2.75) is 6.42 Å². The molecule has 0 atom stereocenters. The minimum Gasteiger partial charge on any atom is -0.364 e. The van der Waals surface area contributed by atoms with Crippen molar-refractivity contribution in [2.24, 2.45) is 4.99 Å². The molecule has 0 aliphatic carbocycles. The average Bonchev–Trinajstić information content (AvgIpc) is 2.32. The molecule has 2 rings (SSSR count). The van der Waals surface area contributed by atoms with Crippen molar-refractivity contribution in [3.8, 4) is 0 Å². The van der Waals surface area contributed by atoms with Crippen LogP contribution in [0.3, 0.4) is 0 Å². The van der Waals surface area contributed by atoms with Gasteiger partial charge < -0.3 is 5.32 Å². The van der Waals surface area contributed by atoms with Gasteiger partial charge in [0.15, 0.2) is 5.17 Å². The summed E-state index contributed by atoms with van der Waals surface area (Å²) in [5.41, 5.74) is 0. The lowest BCUT2D eigenvalue weighted by molar-refractivity contribution is 0.307. The number of hydrogen-bond donors (Lipinski definition) is 1. The van der Waals surface area contributed by atoms with Gasteiger partial charge in [0.2, 0.25) is 0 Å². The van der Waals surface area contributed by atoms with Gasteiger partial charge in [0.25, 0.3) is 0 Å². The van der Waals surface area contributed by atoms with E-state index in [2.05, 4.69) is 27.0 Å². The molecule has 0 radical (unpaired) electrons. The Hall–Kier alpha value is 0.130. The number of rotatable bonds is 3. The van der Waals surface area contributed by atoms with E-state index in [-0.39, 0.29) is 0 Å². The first-order valence-corrected chi connectivity index (χ1v) is 7.80. The zero-order chi connectivity index (χ0) is 10.3. The molecule has 15 heavy (non-hydrogen) atoms.